The Morgan fingerprint density at radius 2 is 1.88 bits per heavy atom. The van der Waals surface area contributed by atoms with Crippen LogP contribution < -0.4 is 14.9 Å². The van der Waals surface area contributed by atoms with E-state index in [9.17, 15) is 4.79 Å². The van der Waals surface area contributed by atoms with Gasteiger partial charge in [0.1, 0.15) is 11.5 Å². The summed E-state index contributed by atoms with van der Waals surface area (Å²) in [5.41, 5.74) is 4.90. The van der Waals surface area contributed by atoms with Crippen molar-refractivity contribution in [2.75, 3.05) is 20.8 Å². The highest BCUT2D eigenvalue weighted by Crippen LogP contribution is 2.21. The molecule has 1 N–H and O–H groups in total. The second kappa shape index (κ2) is 9.79. The van der Waals surface area contributed by atoms with Crippen molar-refractivity contribution < 1.29 is 19.0 Å². The maximum absolute atomic E-state index is 11.9. The highest BCUT2D eigenvalue weighted by atomic mass is 35.5. The summed E-state index contributed by atoms with van der Waals surface area (Å²) in [4.78, 5) is 11.9. The number of nitrogens with one attached hydrogen (secondary N) is 1. The summed E-state index contributed by atoms with van der Waals surface area (Å²) in [6, 6.07) is 12.4. The third kappa shape index (κ3) is 5.75. The molecule has 0 saturated heterocycles. The summed E-state index contributed by atoms with van der Waals surface area (Å²) < 4.78 is 15.8. The number of benzene rings is 2. The Hall–Kier alpha value is -2.57. The smallest absolute Gasteiger partial charge is 0.277 e. The zero-order valence-electron chi connectivity index (χ0n) is 14.9. The molecule has 0 aliphatic heterocycles. The van der Waals surface area contributed by atoms with Gasteiger partial charge in [-0.15, -0.1) is 0 Å². The number of hydrogen-bond acceptors (Lipinski definition) is 5. The van der Waals surface area contributed by atoms with Crippen LogP contribution in [0.3, 0.4) is 0 Å². The number of halogens is 1. The maximum atomic E-state index is 11.9. The molecule has 6 nitrogen and oxygen atoms in total. The Morgan fingerprint density at radius 1 is 1.15 bits per heavy atom. The van der Waals surface area contributed by atoms with Crippen molar-refractivity contribution in [2.45, 2.75) is 13.5 Å². The first-order valence-corrected chi connectivity index (χ1v) is 8.29. The fourth-order valence-electron chi connectivity index (χ4n) is 2.19. The molecule has 0 radical (unpaired) electrons. The van der Waals surface area contributed by atoms with Crippen LogP contribution in [0.5, 0.6) is 11.5 Å². The Labute approximate surface area is 157 Å². The lowest BCUT2D eigenvalue weighted by molar-refractivity contribution is -0.123. The molecule has 0 fully saturated rings. The molecule has 0 unspecified atom stereocenters. The SMILES string of the molecule is COCc1cc(/C(C)=N\NC(=O)COc2ccc(Cl)cc2)ccc1OC. The maximum Gasteiger partial charge on any atom is 0.277 e. The van der Waals surface area contributed by atoms with Gasteiger partial charge in [-0.3, -0.25) is 4.79 Å². The minimum atomic E-state index is -0.357. The molecule has 2 aromatic rings. The molecule has 0 heterocycles. The number of hydrazone groups is 1. The van der Waals surface area contributed by atoms with E-state index in [0.717, 1.165) is 16.9 Å². The van der Waals surface area contributed by atoms with Crippen molar-refractivity contribution >= 4 is 23.2 Å². The number of carbonyl (C=O) groups excluding carboxylic acids is 1. The van der Waals surface area contributed by atoms with Gasteiger partial charge in [-0.1, -0.05) is 11.6 Å². The van der Waals surface area contributed by atoms with Crippen LogP contribution in [0.1, 0.15) is 18.1 Å². The lowest BCUT2D eigenvalue weighted by Crippen LogP contribution is -2.25. The molecule has 0 atom stereocenters. The van der Waals surface area contributed by atoms with Gasteiger partial charge < -0.3 is 14.2 Å². The lowest BCUT2D eigenvalue weighted by Gasteiger charge is -2.10. The van der Waals surface area contributed by atoms with E-state index in [2.05, 4.69) is 10.5 Å². The Kier molecular flexibility index (Phi) is 7.44. The average Bonchev–Trinajstić information content (AvgIpc) is 2.65. The molecule has 0 aromatic heterocycles. The van der Waals surface area contributed by atoms with Gasteiger partial charge in [0.05, 0.1) is 19.4 Å². The van der Waals surface area contributed by atoms with E-state index >= 15 is 0 Å². The molecule has 138 valence electrons. The number of nitrogens with zero attached hydrogens (tertiary/aromatic N) is 1. The van der Waals surface area contributed by atoms with Crippen LogP contribution in [-0.4, -0.2) is 32.4 Å². The van der Waals surface area contributed by atoms with E-state index in [-0.39, 0.29) is 12.5 Å². The predicted molar refractivity (Wildman–Crippen MR) is 101 cm³/mol. The van der Waals surface area contributed by atoms with E-state index in [1.54, 1.807) is 45.4 Å². The zero-order chi connectivity index (χ0) is 18.9. The highest BCUT2D eigenvalue weighted by Gasteiger charge is 2.07. The summed E-state index contributed by atoms with van der Waals surface area (Å²) in [7, 11) is 3.23. The van der Waals surface area contributed by atoms with Gasteiger partial charge in [0, 0.05) is 17.7 Å². The second-order valence-corrected chi connectivity index (χ2v) is 5.87. The summed E-state index contributed by atoms with van der Waals surface area (Å²) in [6.45, 7) is 2.08. The lowest BCUT2D eigenvalue weighted by atomic mass is 10.1. The number of amides is 1. The van der Waals surface area contributed by atoms with Crippen LogP contribution in [0.15, 0.2) is 47.6 Å². The fraction of sp³-hybridized carbons (Fsp3) is 0.263. The topological polar surface area (TPSA) is 69.2 Å². The Morgan fingerprint density at radius 3 is 2.54 bits per heavy atom. The molecule has 0 bridgehead atoms. The van der Waals surface area contributed by atoms with Gasteiger partial charge in [-0.25, -0.2) is 5.43 Å². The van der Waals surface area contributed by atoms with E-state index in [4.69, 9.17) is 25.8 Å². The summed E-state index contributed by atoms with van der Waals surface area (Å²) in [6.07, 6.45) is 0. The van der Waals surface area contributed by atoms with Gasteiger partial charge in [-0.05, 0) is 55.0 Å². The van der Waals surface area contributed by atoms with Crippen molar-refractivity contribution in [3.63, 3.8) is 0 Å². The first-order valence-electron chi connectivity index (χ1n) is 7.91. The molecule has 7 heteroatoms. The molecule has 1 amide bonds. The van der Waals surface area contributed by atoms with Gasteiger partial charge in [0.2, 0.25) is 0 Å². The molecule has 2 aromatic carbocycles. The standard InChI is InChI=1S/C19H21ClN2O4/c1-13(14-4-9-18(25-3)15(10-14)11-24-2)21-22-19(23)12-26-17-7-5-16(20)6-8-17/h4-10H,11-12H2,1-3H3,(H,22,23)/b21-13-. The molecular weight excluding hydrogens is 356 g/mol. The van der Waals surface area contributed by atoms with Crippen molar-refractivity contribution in [1.29, 1.82) is 0 Å². The molecule has 0 aliphatic rings. The van der Waals surface area contributed by atoms with E-state index in [1.165, 1.54) is 0 Å². The first kappa shape index (κ1) is 19.8. The number of ether oxygens (including phenoxy) is 3. The minimum absolute atomic E-state index is 0.143. The quantitative estimate of drug-likeness (QED) is 0.566. The van der Waals surface area contributed by atoms with Crippen molar-refractivity contribution in [3.8, 4) is 11.5 Å². The van der Waals surface area contributed by atoms with Crippen molar-refractivity contribution in [2.24, 2.45) is 5.10 Å². The monoisotopic (exact) mass is 376 g/mol. The largest absolute Gasteiger partial charge is 0.496 e. The number of methoxy groups -OCH3 is 2. The van der Waals surface area contributed by atoms with Gasteiger partial charge >= 0.3 is 0 Å². The van der Waals surface area contributed by atoms with Crippen LogP contribution in [0.25, 0.3) is 0 Å². The molecule has 0 saturated carbocycles. The van der Waals surface area contributed by atoms with E-state index in [1.807, 2.05) is 18.2 Å². The van der Waals surface area contributed by atoms with Crippen molar-refractivity contribution in [3.05, 3.63) is 58.6 Å². The summed E-state index contributed by atoms with van der Waals surface area (Å²) in [5, 5.41) is 4.72. The Balaban J connectivity index is 1.95. The van der Waals surface area contributed by atoms with E-state index in [0.29, 0.717) is 23.1 Å². The van der Waals surface area contributed by atoms with Gasteiger partial charge in [-0.2, -0.15) is 5.10 Å². The van der Waals surface area contributed by atoms with Crippen molar-refractivity contribution in [1.82, 2.24) is 5.43 Å². The Bertz CT molecular complexity index is 776. The van der Waals surface area contributed by atoms with Crippen LogP contribution in [0.4, 0.5) is 0 Å². The normalized spacial score (nSPS) is 11.2. The third-order valence-corrected chi connectivity index (χ3v) is 3.78. The third-order valence-electron chi connectivity index (χ3n) is 3.53. The molecular formula is C19H21ClN2O4. The fourth-order valence-corrected chi connectivity index (χ4v) is 2.32. The van der Waals surface area contributed by atoms with Crippen LogP contribution >= 0.6 is 11.6 Å². The van der Waals surface area contributed by atoms with Gasteiger partial charge in [0.25, 0.3) is 5.91 Å². The second-order valence-electron chi connectivity index (χ2n) is 5.43. The molecule has 2 rings (SSSR count). The summed E-state index contributed by atoms with van der Waals surface area (Å²) >= 11 is 5.80. The van der Waals surface area contributed by atoms with Gasteiger partial charge in [0.15, 0.2) is 6.61 Å². The minimum Gasteiger partial charge on any atom is -0.496 e. The van der Waals surface area contributed by atoms with Crippen LogP contribution in [0.2, 0.25) is 5.02 Å². The molecule has 0 aliphatic carbocycles. The number of rotatable bonds is 8. The number of carbonyl (C=O) groups is 1. The summed E-state index contributed by atoms with van der Waals surface area (Å²) in [5.74, 6) is 0.943. The van der Waals surface area contributed by atoms with Crippen LogP contribution in [0, 0.1) is 0 Å². The van der Waals surface area contributed by atoms with Crippen LogP contribution in [-0.2, 0) is 16.1 Å². The molecule has 0 spiro atoms. The highest BCUT2D eigenvalue weighted by molar-refractivity contribution is 6.30. The number of hydrogen-bond donors (Lipinski definition) is 1. The zero-order valence-corrected chi connectivity index (χ0v) is 15.7. The van der Waals surface area contributed by atoms with E-state index < -0.39 is 0 Å². The first-order chi connectivity index (χ1) is 12.5. The molecule has 26 heavy (non-hydrogen) atoms. The predicted octanol–water partition coefficient (Wildman–Crippen LogP) is 3.41. The average molecular weight is 377 g/mol.